The van der Waals surface area contributed by atoms with Gasteiger partial charge in [-0.1, -0.05) is 13.8 Å². The quantitative estimate of drug-likeness (QED) is 0.244. The summed E-state index contributed by atoms with van der Waals surface area (Å²) in [6, 6.07) is 0. The van der Waals surface area contributed by atoms with Crippen LogP contribution in [-0.4, -0.2) is 37.0 Å². The number of esters is 1. The van der Waals surface area contributed by atoms with Gasteiger partial charge < -0.3 is 9.64 Å². The number of benzene rings is 1. The van der Waals surface area contributed by atoms with E-state index in [1.807, 2.05) is 13.8 Å². The molecule has 9 heteroatoms. The second-order valence-corrected chi connectivity index (χ2v) is 5.86. The number of ether oxygens (including phenoxy) is 1. The topological polar surface area (TPSA) is 46.6 Å². The van der Waals surface area contributed by atoms with Gasteiger partial charge in [-0.3, -0.25) is 9.59 Å². The molecule has 0 N–H and O–H groups in total. The minimum Gasteiger partial charge on any atom is -0.464 e. The highest BCUT2D eigenvalue weighted by Gasteiger charge is 2.31. The SMILES string of the molecule is CC(C)CCCOC(=O)CN(C)C(=O)c1c(F)c(F)c(F)c(F)c1F. The number of amides is 1. The third-order valence-corrected chi connectivity index (χ3v) is 3.33. The number of hydrogen-bond donors (Lipinski definition) is 0. The van der Waals surface area contributed by atoms with Gasteiger partial charge in [-0.05, 0) is 18.8 Å². The van der Waals surface area contributed by atoms with E-state index in [1.54, 1.807) is 0 Å². The fourth-order valence-electron chi connectivity index (χ4n) is 1.97. The van der Waals surface area contributed by atoms with Crippen molar-refractivity contribution in [3.63, 3.8) is 0 Å². The fraction of sp³-hybridized carbons (Fsp3) is 0.500. The molecule has 0 unspecified atom stereocenters. The maximum Gasteiger partial charge on any atom is 0.325 e. The summed E-state index contributed by atoms with van der Waals surface area (Å²) >= 11 is 0. The highest BCUT2D eigenvalue weighted by molar-refractivity contribution is 5.96. The maximum absolute atomic E-state index is 13.6. The molecule has 0 saturated carbocycles. The largest absolute Gasteiger partial charge is 0.464 e. The molecule has 0 saturated heterocycles. The molecule has 0 spiro atoms. The number of carbonyl (C=O) groups is 2. The van der Waals surface area contributed by atoms with Crippen molar-refractivity contribution in [2.24, 2.45) is 5.92 Å². The predicted molar refractivity (Wildman–Crippen MR) is 78.2 cm³/mol. The van der Waals surface area contributed by atoms with E-state index in [1.165, 1.54) is 0 Å². The molecule has 0 atom stereocenters. The van der Waals surface area contributed by atoms with Gasteiger partial charge in [0.25, 0.3) is 5.91 Å². The third kappa shape index (κ3) is 5.14. The monoisotopic (exact) mass is 367 g/mol. The van der Waals surface area contributed by atoms with Crippen molar-refractivity contribution in [3.8, 4) is 0 Å². The van der Waals surface area contributed by atoms with Crippen molar-refractivity contribution in [3.05, 3.63) is 34.6 Å². The Hall–Kier alpha value is -2.19. The van der Waals surface area contributed by atoms with Crippen LogP contribution >= 0.6 is 0 Å². The number of rotatable bonds is 7. The molecule has 0 bridgehead atoms. The second-order valence-electron chi connectivity index (χ2n) is 5.86. The molecule has 0 aromatic heterocycles. The highest BCUT2D eigenvalue weighted by Crippen LogP contribution is 2.24. The average molecular weight is 367 g/mol. The molecular formula is C16H18F5NO3. The average Bonchev–Trinajstić information content (AvgIpc) is 2.54. The minimum atomic E-state index is -2.36. The second kappa shape index (κ2) is 8.77. The van der Waals surface area contributed by atoms with Crippen LogP contribution < -0.4 is 0 Å². The summed E-state index contributed by atoms with van der Waals surface area (Å²) in [4.78, 5) is 24.0. The van der Waals surface area contributed by atoms with Crippen LogP contribution in [0, 0.1) is 35.0 Å². The van der Waals surface area contributed by atoms with Gasteiger partial charge in [0, 0.05) is 7.05 Å². The number of halogens is 5. The molecular weight excluding hydrogens is 349 g/mol. The number of nitrogens with zero attached hydrogens (tertiary/aromatic N) is 1. The van der Waals surface area contributed by atoms with E-state index in [0.29, 0.717) is 17.2 Å². The van der Waals surface area contributed by atoms with Crippen LogP contribution in [0.15, 0.2) is 0 Å². The summed E-state index contributed by atoms with van der Waals surface area (Å²) in [7, 11) is 0.982. The Morgan fingerprint density at radius 2 is 1.44 bits per heavy atom. The zero-order valence-corrected chi connectivity index (χ0v) is 14.0. The van der Waals surface area contributed by atoms with Crippen LogP contribution in [0.1, 0.15) is 37.0 Å². The van der Waals surface area contributed by atoms with E-state index in [0.717, 1.165) is 13.5 Å². The smallest absolute Gasteiger partial charge is 0.325 e. The summed E-state index contributed by atoms with van der Waals surface area (Å²) in [5, 5.41) is 0. The molecule has 0 aliphatic rings. The van der Waals surface area contributed by atoms with Crippen LogP contribution in [-0.2, 0) is 9.53 Å². The lowest BCUT2D eigenvalue weighted by Crippen LogP contribution is -2.34. The van der Waals surface area contributed by atoms with Gasteiger partial charge in [0.1, 0.15) is 12.1 Å². The molecule has 1 rings (SSSR count). The molecule has 4 nitrogen and oxygen atoms in total. The predicted octanol–water partition coefficient (Wildman–Crippen LogP) is 3.43. The Bertz CT molecular complexity index is 635. The lowest BCUT2D eigenvalue weighted by Gasteiger charge is -2.17. The van der Waals surface area contributed by atoms with E-state index in [2.05, 4.69) is 0 Å². The van der Waals surface area contributed by atoms with Gasteiger partial charge in [-0.2, -0.15) is 0 Å². The fourth-order valence-corrected chi connectivity index (χ4v) is 1.97. The van der Waals surface area contributed by atoms with Crippen LogP contribution in [0.2, 0.25) is 0 Å². The van der Waals surface area contributed by atoms with Crippen molar-refractivity contribution in [2.45, 2.75) is 26.7 Å². The van der Waals surface area contributed by atoms with Gasteiger partial charge in [0.05, 0.1) is 6.61 Å². The summed E-state index contributed by atoms with van der Waals surface area (Å²) in [5.41, 5.74) is -1.62. The lowest BCUT2D eigenvalue weighted by atomic mass is 10.1. The first kappa shape index (κ1) is 20.9. The van der Waals surface area contributed by atoms with E-state index < -0.39 is 53.1 Å². The third-order valence-electron chi connectivity index (χ3n) is 3.33. The first-order chi connectivity index (χ1) is 11.6. The molecule has 0 radical (unpaired) electrons. The normalized spacial score (nSPS) is 10.9. The molecule has 1 aromatic carbocycles. The summed E-state index contributed by atoms with van der Waals surface area (Å²) < 4.78 is 71.3. The standard InChI is InChI=1S/C16H18F5NO3/c1-8(2)5-4-6-25-9(23)7-22(3)16(24)10-11(17)13(19)15(21)14(20)12(10)18/h8H,4-7H2,1-3H3. The van der Waals surface area contributed by atoms with E-state index in [-0.39, 0.29) is 6.61 Å². The molecule has 25 heavy (non-hydrogen) atoms. The molecule has 0 fully saturated rings. The number of likely N-dealkylation sites (N-methyl/N-ethyl adjacent to an activating group) is 1. The van der Waals surface area contributed by atoms with E-state index in [4.69, 9.17) is 4.74 Å². The first-order valence-electron chi connectivity index (χ1n) is 7.50. The van der Waals surface area contributed by atoms with Crippen LogP contribution in [0.25, 0.3) is 0 Å². The summed E-state index contributed by atoms with van der Waals surface area (Å²) in [6.07, 6.45) is 1.41. The van der Waals surface area contributed by atoms with Crippen molar-refractivity contribution in [2.75, 3.05) is 20.2 Å². The van der Waals surface area contributed by atoms with Crippen LogP contribution in [0.3, 0.4) is 0 Å². The number of carbonyl (C=O) groups excluding carboxylic acids is 2. The molecule has 0 aliphatic carbocycles. The minimum absolute atomic E-state index is 0.0988. The highest BCUT2D eigenvalue weighted by atomic mass is 19.2. The maximum atomic E-state index is 13.6. The van der Waals surface area contributed by atoms with E-state index in [9.17, 15) is 31.5 Å². The summed E-state index contributed by atoms with van der Waals surface area (Å²) in [5.74, 6) is -13.3. The molecule has 1 amide bonds. The van der Waals surface area contributed by atoms with Gasteiger partial charge >= 0.3 is 5.97 Å². The van der Waals surface area contributed by atoms with Crippen molar-refractivity contribution < 1.29 is 36.3 Å². The van der Waals surface area contributed by atoms with Gasteiger partial charge in [0.15, 0.2) is 23.3 Å². The molecule has 0 heterocycles. The first-order valence-corrected chi connectivity index (χ1v) is 7.50. The Morgan fingerprint density at radius 1 is 0.960 bits per heavy atom. The van der Waals surface area contributed by atoms with Crippen molar-refractivity contribution in [1.82, 2.24) is 4.90 Å². The Kier molecular flexibility index (Phi) is 7.32. The van der Waals surface area contributed by atoms with Crippen molar-refractivity contribution in [1.29, 1.82) is 0 Å². The Labute approximate surface area is 141 Å². The zero-order chi connectivity index (χ0) is 19.3. The van der Waals surface area contributed by atoms with Gasteiger partial charge in [-0.25, -0.2) is 22.0 Å². The van der Waals surface area contributed by atoms with Gasteiger partial charge in [-0.15, -0.1) is 0 Å². The van der Waals surface area contributed by atoms with Crippen LogP contribution in [0.5, 0.6) is 0 Å². The zero-order valence-electron chi connectivity index (χ0n) is 14.0. The Morgan fingerprint density at radius 3 is 1.92 bits per heavy atom. The molecule has 140 valence electrons. The summed E-state index contributed by atoms with van der Waals surface area (Å²) in [6.45, 7) is 3.37. The number of hydrogen-bond acceptors (Lipinski definition) is 3. The lowest BCUT2D eigenvalue weighted by molar-refractivity contribution is -0.144. The Balaban J connectivity index is 2.79. The van der Waals surface area contributed by atoms with Crippen LogP contribution in [0.4, 0.5) is 22.0 Å². The van der Waals surface area contributed by atoms with E-state index >= 15 is 0 Å². The van der Waals surface area contributed by atoms with Crippen molar-refractivity contribution >= 4 is 11.9 Å². The van der Waals surface area contributed by atoms with Gasteiger partial charge in [0.2, 0.25) is 5.82 Å². The molecule has 1 aromatic rings. The molecule has 0 aliphatic heterocycles.